The SMILES string of the molecule is CN1C=C(C(C)(C)O)C=C(Nc2ccc3ncc(C(C=N)=C[NH2+]CC4CCOCC4)cc3c2)N1. The van der Waals surface area contributed by atoms with Crippen molar-refractivity contribution in [2.45, 2.75) is 32.3 Å². The van der Waals surface area contributed by atoms with Crippen LogP contribution in [0.4, 0.5) is 5.69 Å². The highest BCUT2D eigenvalue weighted by Crippen LogP contribution is 2.25. The molecule has 0 radical (unpaired) electrons. The summed E-state index contributed by atoms with van der Waals surface area (Å²) in [7, 11) is 1.89. The molecule has 0 unspecified atom stereocenters. The molecule has 6 N–H and O–H groups in total. The molecule has 180 valence electrons. The summed E-state index contributed by atoms with van der Waals surface area (Å²) in [6.07, 6.45) is 11.2. The van der Waals surface area contributed by atoms with Crippen LogP contribution in [0.15, 0.2) is 60.3 Å². The van der Waals surface area contributed by atoms with Gasteiger partial charge in [0, 0.05) is 67.0 Å². The second-order valence-corrected chi connectivity index (χ2v) is 9.47. The minimum atomic E-state index is -0.942. The largest absolute Gasteiger partial charge is 0.386 e. The maximum Gasteiger partial charge on any atom is 0.122 e. The number of rotatable bonds is 8. The summed E-state index contributed by atoms with van der Waals surface area (Å²) >= 11 is 0. The zero-order chi connectivity index (χ0) is 24.1. The molecular weight excluding hydrogens is 428 g/mol. The van der Waals surface area contributed by atoms with Crippen LogP contribution in [0.3, 0.4) is 0 Å². The minimum Gasteiger partial charge on any atom is -0.386 e. The van der Waals surface area contributed by atoms with E-state index in [4.69, 9.17) is 10.1 Å². The molecule has 2 aliphatic heterocycles. The first-order chi connectivity index (χ1) is 16.3. The molecule has 1 aromatic carbocycles. The number of benzene rings is 1. The number of allylic oxidation sites excluding steroid dienone is 1. The van der Waals surface area contributed by atoms with E-state index in [-0.39, 0.29) is 0 Å². The normalized spacial score (nSPS) is 17.8. The molecule has 8 nitrogen and oxygen atoms in total. The second-order valence-electron chi connectivity index (χ2n) is 9.47. The van der Waals surface area contributed by atoms with Gasteiger partial charge in [0.25, 0.3) is 0 Å². The van der Waals surface area contributed by atoms with Gasteiger partial charge in [0.1, 0.15) is 12.0 Å². The third kappa shape index (κ3) is 6.02. The average molecular weight is 464 g/mol. The minimum absolute atomic E-state index is 0.661. The van der Waals surface area contributed by atoms with Gasteiger partial charge in [0.2, 0.25) is 0 Å². The molecule has 2 aliphatic rings. The van der Waals surface area contributed by atoms with Crippen molar-refractivity contribution in [3.05, 3.63) is 65.9 Å². The summed E-state index contributed by atoms with van der Waals surface area (Å²) in [6.45, 7) is 6.24. The predicted molar refractivity (Wildman–Crippen MR) is 136 cm³/mol. The Kier molecular flexibility index (Phi) is 7.31. The second kappa shape index (κ2) is 10.4. The first kappa shape index (κ1) is 23.9. The Bertz CT molecular complexity index is 1130. The van der Waals surface area contributed by atoms with Crippen LogP contribution in [0.25, 0.3) is 16.5 Å². The van der Waals surface area contributed by atoms with Gasteiger partial charge < -0.3 is 25.9 Å². The van der Waals surface area contributed by atoms with Gasteiger partial charge in [-0.25, -0.2) is 0 Å². The van der Waals surface area contributed by atoms with Crippen LogP contribution in [0.1, 0.15) is 32.3 Å². The van der Waals surface area contributed by atoms with Crippen LogP contribution in [0.2, 0.25) is 0 Å². The van der Waals surface area contributed by atoms with E-state index in [2.05, 4.69) is 27.1 Å². The predicted octanol–water partition coefficient (Wildman–Crippen LogP) is 2.57. The molecule has 0 amide bonds. The summed E-state index contributed by atoms with van der Waals surface area (Å²) in [5.41, 5.74) is 6.66. The lowest BCUT2D eigenvalue weighted by Gasteiger charge is -2.30. The van der Waals surface area contributed by atoms with Gasteiger partial charge in [-0.15, -0.1) is 0 Å². The lowest BCUT2D eigenvalue weighted by Crippen LogP contribution is -2.80. The van der Waals surface area contributed by atoms with Crippen LogP contribution in [-0.2, 0) is 4.74 Å². The third-order valence-electron chi connectivity index (χ3n) is 6.19. The monoisotopic (exact) mass is 463 g/mol. The van der Waals surface area contributed by atoms with Crippen LogP contribution < -0.4 is 16.1 Å². The van der Waals surface area contributed by atoms with Crippen molar-refractivity contribution in [3.8, 4) is 0 Å². The average Bonchev–Trinajstić information content (AvgIpc) is 2.81. The molecule has 0 bridgehead atoms. The number of quaternary nitrogens is 1. The van der Waals surface area contributed by atoms with Crippen molar-refractivity contribution < 1.29 is 15.2 Å². The van der Waals surface area contributed by atoms with E-state index in [0.29, 0.717) is 5.92 Å². The quantitative estimate of drug-likeness (QED) is 0.385. The highest BCUT2D eigenvalue weighted by Gasteiger charge is 2.22. The molecule has 0 spiro atoms. The molecule has 8 heteroatoms. The standard InChI is InChI=1S/C26H34N6O2/c1-26(2,33)22-12-25(31-32(3)17-22)30-23-4-5-24-19(11-23)10-20(16-29-24)21(13-27)15-28-14-18-6-8-34-9-7-18/h4-5,10-13,15-18,27-28,30-31,33H,6-9,14H2,1-3H3/p+1. The zero-order valence-corrected chi connectivity index (χ0v) is 20.1. The number of aromatic nitrogens is 1. The Morgan fingerprint density at radius 2 is 2.15 bits per heavy atom. The molecule has 4 rings (SSSR count). The number of hydrogen-bond acceptors (Lipinski definition) is 7. The Balaban J connectivity index is 1.51. The van der Waals surface area contributed by atoms with E-state index in [1.54, 1.807) is 13.8 Å². The summed E-state index contributed by atoms with van der Waals surface area (Å²) in [5.74, 6) is 1.43. The first-order valence-electron chi connectivity index (χ1n) is 11.8. The number of anilines is 1. The molecule has 2 aromatic rings. The number of ether oxygens (including phenoxy) is 1. The Morgan fingerprint density at radius 1 is 1.35 bits per heavy atom. The third-order valence-corrected chi connectivity index (χ3v) is 6.19. The fourth-order valence-corrected chi connectivity index (χ4v) is 4.17. The number of nitrogens with two attached hydrogens (primary N) is 1. The van der Waals surface area contributed by atoms with Crippen molar-refractivity contribution >= 4 is 28.4 Å². The Morgan fingerprint density at radius 3 is 2.88 bits per heavy atom. The topological polar surface area (TPSA) is 110 Å². The fourth-order valence-electron chi connectivity index (χ4n) is 4.17. The van der Waals surface area contributed by atoms with E-state index in [9.17, 15) is 5.11 Å². The molecule has 0 atom stereocenters. The van der Waals surface area contributed by atoms with Gasteiger partial charge in [-0.05, 0) is 57.0 Å². The van der Waals surface area contributed by atoms with Gasteiger partial charge >= 0.3 is 0 Å². The van der Waals surface area contributed by atoms with E-state index < -0.39 is 5.60 Å². The van der Waals surface area contributed by atoms with Gasteiger partial charge in [-0.2, -0.15) is 0 Å². The fraction of sp³-hybridized carbons (Fsp3) is 0.385. The van der Waals surface area contributed by atoms with Crippen molar-refractivity contribution in [1.82, 2.24) is 15.4 Å². The molecule has 0 aliphatic carbocycles. The van der Waals surface area contributed by atoms with Crippen LogP contribution in [-0.4, -0.2) is 53.7 Å². The summed E-state index contributed by atoms with van der Waals surface area (Å²) < 4.78 is 5.44. The maximum absolute atomic E-state index is 10.4. The highest BCUT2D eigenvalue weighted by molar-refractivity contribution is 6.08. The maximum atomic E-state index is 10.4. The van der Waals surface area contributed by atoms with Crippen LogP contribution in [0.5, 0.6) is 0 Å². The van der Waals surface area contributed by atoms with Crippen molar-refractivity contribution in [3.63, 3.8) is 0 Å². The summed E-state index contributed by atoms with van der Waals surface area (Å²) in [6, 6.07) is 8.08. The molecule has 1 saturated heterocycles. The zero-order valence-electron chi connectivity index (χ0n) is 20.1. The number of nitrogens with one attached hydrogen (secondary N) is 3. The van der Waals surface area contributed by atoms with Crippen LogP contribution >= 0.6 is 0 Å². The molecule has 1 fully saturated rings. The van der Waals surface area contributed by atoms with E-state index in [1.165, 1.54) is 6.21 Å². The highest BCUT2D eigenvalue weighted by atomic mass is 16.5. The molecule has 3 heterocycles. The molecular formula is C26H35N6O2+. The number of nitrogens with zero attached hydrogens (tertiary/aromatic N) is 2. The van der Waals surface area contributed by atoms with Gasteiger partial charge in [-0.1, -0.05) is 0 Å². The van der Waals surface area contributed by atoms with E-state index in [1.807, 2.05) is 54.9 Å². The molecule has 34 heavy (non-hydrogen) atoms. The lowest BCUT2D eigenvalue weighted by molar-refractivity contribution is -0.594. The number of aliphatic hydroxyl groups is 1. The lowest BCUT2D eigenvalue weighted by atomic mass is 9.98. The van der Waals surface area contributed by atoms with E-state index >= 15 is 0 Å². The molecule has 1 aromatic heterocycles. The van der Waals surface area contributed by atoms with Crippen molar-refractivity contribution in [1.29, 1.82) is 5.41 Å². The number of pyridine rings is 1. The number of hydrazine groups is 1. The van der Waals surface area contributed by atoms with Gasteiger partial charge in [0.05, 0.1) is 23.2 Å². The number of hydrogen-bond donors (Lipinski definition) is 5. The van der Waals surface area contributed by atoms with Crippen LogP contribution in [0, 0.1) is 11.3 Å². The van der Waals surface area contributed by atoms with Crippen molar-refractivity contribution in [2.75, 3.05) is 32.1 Å². The van der Waals surface area contributed by atoms with Gasteiger partial charge in [-0.3, -0.25) is 15.4 Å². The van der Waals surface area contributed by atoms with Gasteiger partial charge in [0.15, 0.2) is 0 Å². The number of fused-ring (bicyclic) bond motifs is 1. The summed E-state index contributed by atoms with van der Waals surface area (Å²) in [4.78, 5) is 4.61. The smallest absolute Gasteiger partial charge is 0.122 e. The first-order valence-corrected chi connectivity index (χ1v) is 11.8. The Hall–Kier alpha value is -3.20. The van der Waals surface area contributed by atoms with E-state index in [0.717, 1.165) is 71.7 Å². The summed E-state index contributed by atoms with van der Waals surface area (Å²) in [5, 5.41) is 26.7. The van der Waals surface area contributed by atoms with Crippen molar-refractivity contribution in [2.24, 2.45) is 5.92 Å². The Labute approximate surface area is 200 Å². The molecule has 0 saturated carbocycles.